The zero-order valence-corrected chi connectivity index (χ0v) is 24.1. The van der Waals surface area contributed by atoms with Crippen molar-refractivity contribution in [2.24, 2.45) is 5.41 Å². The molecule has 0 saturated carbocycles. The van der Waals surface area contributed by atoms with E-state index >= 15 is 0 Å². The molecule has 0 spiro atoms. The van der Waals surface area contributed by atoms with Crippen LogP contribution in [0.25, 0.3) is 11.6 Å². The number of fused-ring (bicyclic) bond motifs is 1. The Bertz CT molecular complexity index is 1010. The average Bonchev–Trinajstić information content (AvgIpc) is 2.80. The summed E-state index contributed by atoms with van der Waals surface area (Å²) in [7, 11) is 0. The highest BCUT2D eigenvalue weighted by molar-refractivity contribution is 5.84. The summed E-state index contributed by atoms with van der Waals surface area (Å²) in [5.41, 5.74) is 9.98. The Balaban J connectivity index is 1.79. The molecule has 2 aliphatic rings. The predicted molar refractivity (Wildman–Crippen MR) is 157 cm³/mol. The van der Waals surface area contributed by atoms with Crippen molar-refractivity contribution >= 4 is 23.6 Å². The Hall–Kier alpha value is -2.29. The van der Waals surface area contributed by atoms with E-state index in [9.17, 15) is 4.79 Å². The van der Waals surface area contributed by atoms with E-state index in [1.165, 1.54) is 58.5 Å². The van der Waals surface area contributed by atoms with Crippen molar-refractivity contribution in [3.05, 3.63) is 52.2 Å². The highest BCUT2D eigenvalue weighted by Gasteiger charge is 2.32. The van der Waals surface area contributed by atoms with Gasteiger partial charge >= 0.3 is 0 Å². The van der Waals surface area contributed by atoms with E-state index in [1.807, 2.05) is 0 Å². The van der Waals surface area contributed by atoms with Gasteiger partial charge in [-0.3, -0.25) is 0 Å². The lowest BCUT2D eigenvalue weighted by Crippen LogP contribution is -2.45. The van der Waals surface area contributed by atoms with Gasteiger partial charge in [0.2, 0.25) is 0 Å². The van der Waals surface area contributed by atoms with Gasteiger partial charge in [-0.2, -0.15) is 0 Å². The van der Waals surface area contributed by atoms with Gasteiger partial charge in [-0.05, 0) is 94.0 Å². The molecule has 3 nitrogen and oxygen atoms in total. The summed E-state index contributed by atoms with van der Waals surface area (Å²) in [6.07, 6.45) is 18.1. The third-order valence-corrected chi connectivity index (χ3v) is 8.10. The second kappa shape index (κ2) is 12.3. The number of anilines is 1. The van der Waals surface area contributed by atoms with Crippen LogP contribution in [0.1, 0.15) is 116 Å². The van der Waals surface area contributed by atoms with Gasteiger partial charge in [0.25, 0.3) is 0 Å². The van der Waals surface area contributed by atoms with E-state index in [0.29, 0.717) is 6.42 Å². The Morgan fingerprint density at radius 2 is 1.81 bits per heavy atom. The van der Waals surface area contributed by atoms with Gasteiger partial charge < -0.3 is 15.0 Å². The van der Waals surface area contributed by atoms with Crippen LogP contribution in [-0.2, 0) is 4.79 Å². The molecule has 0 radical (unpaired) electrons. The molecule has 1 aromatic carbocycles. The number of nitrogens with zero attached hydrogens (tertiary/aromatic N) is 1. The zero-order valence-electron chi connectivity index (χ0n) is 24.1. The molecule has 3 heteroatoms. The normalized spacial score (nSPS) is 19.5. The van der Waals surface area contributed by atoms with E-state index in [0.717, 1.165) is 51.5 Å². The Morgan fingerprint density at radius 3 is 2.50 bits per heavy atom. The van der Waals surface area contributed by atoms with Gasteiger partial charge in [0.05, 0.1) is 5.54 Å². The lowest BCUT2D eigenvalue weighted by atomic mass is 9.74. The van der Waals surface area contributed by atoms with Crippen molar-refractivity contribution in [1.29, 1.82) is 0 Å². The minimum atomic E-state index is 0.0469. The number of rotatable bonds is 12. The SMILES string of the molecule is CCCCCN1c2cc(C)c(/C=C3\CC=C(NCCCCCC=O)CC3(C)C)cc2C(C)=CC1(C)C. The number of nitrogens with one attached hydrogen (secondary N) is 1. The van der Waals surface area contributed by atoms with Crippen molar-refractivity contribution < 1.29 is 4.79 Å². The van der Waals surface area contributed by atoms with Crippen LogP contribution in [0, 0.1) is 12.3 Å². The van der Waals surface area contributed by atoms with Crippen LogP contribution in [-0.4, -0.2) is 24.9 Å². The Kier molecular flexibility index (Phi) is 9.66. The second-order valence-electron chi connectivity index (χ2n) is 12.2. The smallest absolute Gasteiger partial charge is 0.119 e. The fraction of sp³-hybridized carbons (Fsp3) is 0.606. The number of aryl methyl sites for hydroxylation is 1. The number of carbonyl (C=O) groups is 1. The molecular formula is C33H50N2O. The maximum absolute atomic E-state index is 10.5. The van der Waals surface area contributed by atoms with Gasteiger partial charge in [0.15, 0.2) is 0 Å². The topological polar surface area (TPSA) is 32.3 Å². The van der Waals surface area contributed by atoms with Crippen LogP contribution in [0.5, 0.6) is 0 Å². The van der Waals surface area contributed by atoms with Crippen molar-refractivity contribution in [2.45, 2.75) is 112 Å². The number of carbonyl (C=O) groups excluding carboxylic acids is 1. The maximum atomic E-state index is 10.5. The second-order valence-corrected chi connectivity index (χ2v) is 12.2. The van der Waals surface area contributed by atoms with Gasteiger partial charge in [-0.15, -0.1) is 0 Å². The predicted octanol–water partition coefficient (Wildman–Crippen LogP) is 8.62. The molecule has 0 fully saturated rings. The molecular weight excluding hydrogens is 440 g/mol. The van der Waals surface area contributed by atoms with E-state index in [1.54, 1.807) is 0 Å². The van der Waals surface area contributed by atoms with Crippen molar-refractivity contribution in [3.63, 3.8) is 0 Å². The summed E-state index contributed by atoms with van der Waals surface area (Å²) in [5, 5.41) is 3.66. The fourth-order valence-corrected chi connectivity index (χ4v) is 5.85. The first-order valence-electron chi connectivity index (χ1n) is 14.3. The van der Waals surface area contributed by atoms with E-state index < -0.39 is 0 Å². The quantitative estimate of drug-likeness (QED) is 0.235. The summed E-state index contributed by atoms with van der Waals surface area (Å²) in [6, 6.07) is 4.88. The van der Waals surface area contributed by atoms with Crippen LogP contribution >= 0.6 is 0 Å². The number of unbranched alkanes of at least 4 members (excludes halogenated alkanes) is 5. The number of allylic oxidation sites excluding steroid dienone is 4. The molecule has 0 bridgehead atoms. The fourth-order valence-electron chi connectivity index (χ4n) is 5.85. The van der Waals surface area contributed by atoms with Gasteiger partial charge in [0, 0.05) is 36.5 Å². The monoisotopic (exact) mass is 490 g/mol. The first-order valence-corrected chi connectivity index (χ1v) is 14.3. The summed E-state index contributed by atoms with van der Waals surface area (Å²) >= 11 is 0. The molecule has 1 aliphatic carbocycles. The lowest BCUT2D eigenvalue weighted by Gasteiger charge is -2.44. The number of aldehydes is 1. The standard InChI is InChI=1S/C33H50N2O/c1-8-9-13-18-35-31-20-25(2)27(22-30(31)26(3)23-33(35,6)7)21-28-15-16-29(24-32(28,4)5)34-17-12-10-11-14-19-36/h16,19-23,34H,8-15,17-18,24H2,1-7H3/b28-21+. The minimum Gasteiger partial charge on any atom is -0.389 e. The summed E-state index contributed by atoms with van der Waals surface area (Å²) < 4.78 is 0. The molecule has 0 unspecified atom stereocenters. The van der Waals surface area contributed by atoms with E-state index in [2.05, 4.69) is 89.0 Å². The molecule has 0 atom stereocenters. The molecule has 198 valence electrons. The van der Waals surface area contributed by atoms with Gasteiger partial charge in [-0.1, -0.05) is 63.8 Å². The zero-order chi connectivity index (χ0) is 26.3. The molecule has 36 heavy (non-hydrogen) atoms. The highest BCUT2D eigenvalue weighted by Crippen LogP contribution is 2.43. The minimum absolute atomic E-state index is 0.0469. The van der Waals surface area contributed by atoms with Crippen LogP contribution in [0.4, 0.5) is 5.69 Å². The van der Waals surface area contributed by atoms with Crippen molar-refractivity contribution in [3.8, 4) is 0 Å². The van der Waals surface area contributed by atoms with Gasteiger partial charge in [0.1, 0.15) is 6.29 Å². The third kappa shape index (κ3) is 6.93. The Labute approximate surface area is 221 Å². The van der Waals surface area contributed by atoms with Gasteiger partial charge in [-0.25, -0.2) is 0 Å². The summed E-state index contributed by atoms with van der Waals surface area (Å²) in [4.78, 5) is 13.1. The van der Waals surface area contributed by atoms with E-state index in [-0.39, 0.29) is 11.0 Å². The maximum Gasteiger partial charge on any atom is 0.119 e. The summed E-state index contributed by atoms with van der Waals surface area (Å²) in [5.74, 6) is 0. The molecule has 1 heterocycles. The van der Waals surface area contributed by atoms with Crippen molar-refractivity contribution in [2.75, 3.05) is 18.0 Å². The first kappa shape index (κ1) is 28.3. The molecule has 1 N–H and O–H groups in total. The molecule has 0 amide bonds. The number of hydrogen-bond donors (Lipinski definition) is 1. The van der Waals surface area contributed by atoms with Crippen molar-refractivity contribution in [1.82, 2.24) is 5.32 Å². The molecule has 3 rings (SSSR count). The highest BCUT2D eigenvalue weighted by atomic mass is 16.1. The number of benzene rings is 1. The molecule has 1 aliphatic heterocycles. The largest absolute Gasteiger partial charge is 0.389 e. The summed E-state index contributed by atoms with van der Waals surface area (Å²) in [6.45, 7) is 18.4. The molecule has 0 saturated heterocycles. The molecule has 1 aromatic rings. The van der Waals surface area contributed by atoms with Crippen LogP contribution < -0.4 is 10.2 Å². The lowest BCUT2D eigenvalue weighted by molar-refractivity contribution is -0.107. The average molecular weight is 491 g/mol. The van der Waals surface area contributed by atoms with Crippen LogP contribution in [0.15, 0.2) is 35.6 Å². The molecule has 0 aromatic heterocycles. The van der Waals surface area contributed by atoms with E-state index in [4.69, 9.17) is 0 Å². The third-order valence-electron chi connectivity index (χ3n) is 8.10. The van der Waals surface area contributed by atoms with Crippen LogP contribution in [0.3, 0.4) is 0 Å². The number of hydrogen-bond acceptors (Lipinski definition) is 3. The van der Waals surface area contributed by atoms with Crippen LogP contribution in [0.2, 0.25) is 0 Å². The Morgan fingerprint density at radius 1 is 1.03 bits per heavy atom. The first-order chi connectivity index (χ1) is 17.1.